The van der Waals surface area contributed by atoms with E-state index in [1.54, 1.807) is 12.1 Å². The lowest BCUT2D eigenvalue weighted by Gasteiger charge is -2.37. The van der Waals surface area contributed by atoms with Crippen molar-refractivity contribution in [1.29, 1.82) is 0 Å². The van der Waals surface area contributed by atoms with Crippen LogP contribution in [0.3, 0.4) is 0 Å². The molecule has 2 aliphatic rings. The Morgan fingerprint density at radius 1 is 1.22 bits per heavy atom. The number of aliphatic hydroxyl groups excluding tert-OH is 2. The number of rotatable bonds is 14. The van der Waals surface area contributed by atoms with Crippen molar-refractivity contribution in [2.75, 3.05) is 37.8 Å². The molecule has 2 heterocycles. The van der Waals surface area contributed by atoms with E-state index in [1.807, 2.05) is 32.6 Å². The van der Waals surface area contributed by atoms with Crippen molar-refractivity contribution in [3.05, 3.63) is 17.8 Å². The Morgan fingerprint density at radius 3 is 2.44 bits per heavy atom. The highest BCUT2D eigenvalue weighted by atomic mass is 19.1. The minimum Gasteiger partial charge on any atom is -0.476 e. The monoisotopic (exact) mass is 508 g/mol. The van der Waals surface area contributed by atoms with Crippen LogP contribution in [0.4, 0.5) is 10.1 Å². The Balaban J connectivity index is 1.76. The predicted molar refractivity (Wildman–Crippen MR) is 135 cm³/mol. The maximum atomic E-state index is 13.5. The lowest BCUT2D eigenvalue weighted by atomic mass is 9.90. The fourth-order valence-electron chi connectivity index (χ4n) is 4.61. The molecule has 0 aromatic carbocycles. The number of halogens is 1. The summed E-state index contributed by atoms with van der Waals surface area (Å²) in [7, 11) is 0. The zero-order chi connectivity index (χ0) is 26.5. The second-order valence-electron chi connectivity index (χ2n) is 10.5. The topological polar surface area (TPSA) is 124 Å². The summed E-state index contributed by atoms with van der Waals surface area (Å²) in [5.41, 5.74) is -0.443. The summed E-state index contributed by atoms with van der Waals surface area (Å²) >= 11 is 0. The molecule has 3 atom stereocenters. The van der Waals surface area contributed by atoms with Gasteiger partial charge in [0.2, 0.25) is 11.8 Å². The summed E-state index contributed by atoms with van der Waals surface area (Å²) in [6, 6.07) is 2.86. The van der Waals surface area contributed by atoms with Gasteiger partial charge in [0.25, 0.3) is 5.91 Å². The molecule has 2 fully saturated rings. The van der Waals surface area contributed by atoms with Gasteiger partial charge in [0, 0.05) is 6.61 Å². The number of alkyl halides is 1. The van der Waals surface area contributed by atoms with Gasteiger partial charge in [-0.15, -0.1) is 0 Å². The highest BCUT2D eigenvalue weighted by molar-refractivity contribution is 5.98. The van der Waals surface area contributed by atoms with Crippen molar-refractivity contribution in [3.63, 3.8) is 0 Å². The van der Waals surface area contributed by atoms with Crippen molar-refractivity contribution >= 4 is 17.5 Å². The van der Waals surface area contributed by atoms with Gasteiger partial charge in [-0.2, -0.15) is 0 Å². The van der Waals surface area contributed by atoms with Crippen molar-refractivity contribution in [2.24, 2.45) is 17.8 Å². The molecule has 0 radical (unpaired) electrons. The molecule has 10 heteroatoms. The van der Waals surface area contributed by atoms with Crippen molar-refractivity contribution in [3.8, 4) is 5.88 Å². The predicted octanol–water partition coefficient (Wildman–Crippen LogP) is 2.06. The molecule has 202 valence electrons. The zero-order valence-electron chi connectivity index (χ0n) is 21.8. The lowest BCUT2D eigenvalue weighted by Crippen LogP contribution is -2.60. The average Bonchev–Trinajstić information content (AvgIpc) is 3.61. The van der Waals surface area contributed by atoms with Crippen LogP contribution in [0.15, 0.2) is 12.1 Å². The first kappa shape index (κ1) is 28.1. The second-order valence-corrected chi connectivity index (χ2v) is 10.5. The summed E-state index contributed by atoms with van der Waals surface area (Å²) in [6.07, 6.45) is 1.31. The number of carbonyl (C=O) groups is 2. The molecule has 1 saturated heterocycles. The summed E-state index contributed by atoms with van der Waals surface area (Å²) in [4.78, 5) is 32.8. The van der Waals surface area contributed by atoms with Crippen molar-refractivity contribution in [2.45, 2.75) is 71.1 Å². The number of ether oxygens (including phenoxy) is 1. The van der Waals surface area contributed by atoms with E-state index >= 15 is 0 Å². The van der Waals surface area contributed by atoms with E-state index in [0.29, 0.717) is 37.5 Å². The number of aliphatic hydroxyl groups is 2. The molecule has 1 aliphatic heterocycles. The first-order valence-electron chi connectivity index (χ1n) is 13.0. The Kier molecular flexibility index (Phi) is 9.52. The largest absolute Gasteiger partial charge is 0.476 e. The highest BCUT2D eigenvalue weighted by Crippen LogP contribution is 2.39. The van der Waals surface area contributed by atoms with E-state index in [1.165, 1.54) is 0 Å². The average molecular weight is 509 g/mol. The minimum absolute atomic E-state index is 0.0977. The fraction of sp³-hybridized carbons (Fsp3) is 0.731. The Hall–Kier alpha value is -2.46. The maximum absolute atomic E-state index is 13.5. The summed E-state index contributed by atoms with van der Waals surface area (Å²) < 4.78 is 19.4. The molecule has 1 unspecified atom stereocenters. The Bertz CT molecular complexity index is 904. The molecule has 1 saturated carbocycles. The third-order valence-corrected chi connectivity index (χ3v) is 7.29. The normalized spacial score (nSPS) is 20.6. The van der Waals surface area contributed by atoms with E-state index in [9.17, 15) is 24.2 Å². The van der Waals surface area contributed by atoms with Gasteiger partial charge in [0.05, 0.1) is 32.3 Å². The molecule has 9 nitrogen and oxygen atoms in total. The molecule has 36 heavy (non-hydrogen) atoms. The minimum atomic E-state index is -1.16. The smallest absolute Gasteiger partial charge is 0.270 e. The first-order chi connectivity index (χ1) is 17.2. The summed E-state index contributed by atoms with van der Waals surface area (Å²) in [5, 5.41) is 24.8. The summed E-state index contributed by atoms with van der Waals surface area (Å²) in [5.74, 6) is 0.130. The van der Waals surface area contributed by atoms with Crippen LogP contribution in [-0.2, 0) is 4.79 Å². The molecule has 2 amide bonds. The molecule has 1 aromatic heterocycles. The third-order valence-electron chi connectivity index (χ3n) is 7.29. The van der Waals surface area contributed by atoms with Crippen molar-refractivity contribution in [1.82, 2.24) is 15.6 Å². The number of pyridine rings is 1. The van der Waals surface area contributed by atoms with Gasteiger partial charge >= 0.3 is 0 Å². The summed E-state index contributed by atoms with van der Waals surface area (Å²) in [6.45, 7) is 8.45. The van der Waals surface area contributed by atoms with Crippen LogP contribution < -0.4 is 20.3 Å². The van der Waals surface area contributed by atoms with Crippen LogP contribution in [0.25, 0.3) is 0 Å². The number of hydrogen-bond acceptors (Lipinski definition) is 7. The number of aromatic nitrogens is 1. The SMILES string of the molecule is CCC(CC)(NC(=O)c1ccc(N2CC(F)C2)c(OCC2C[C@@H]2CO)n1)C(=O)N[C@H](CO)CC(C)C. The van der Waals surface area contributed by atoms with Crippen LogP contribution in [0.1, 0.15) is 63.9 Å². The molecular weight excluding hydrogens is 467 g/mol. The van der Waals surface area contributed by atoms with Crippen molar-refractivity contribution < 1.29 is 28.9 Å². The maximum Gasteiger partial charge on any atom is 0.270 e. The third kappa shape index (κ3) is 6.64. The van der Waals surface area contributed by atoms with E-state index < -0.39 is 23.7 Å². The van der Waals surface area contributed by atoms with Crippen LogP contribution in [0, 0.1) is 17.8 Å². The molecular formula is C26H41FN4O5. The molecule has 4 N–H and O–H groups in total. The van der Waals surface area contributed by atoms with Gasteiger partial charge in [-0.05, 0) is 55.6 Å². The molecule has 3 rings (SSSR count). The number of amides is 2. The molecule has 1 aliphatic carbocycles. The van der Waals surface area contributed by atoms with Crippen LogP contribution in [0.5, 0.6) is 5.88 Å². The number of carbonyl (C=O) groups excluding carboxylic acids is 2. The van der Waals surface area contributed by atoms with Crippen LogP contribution in [0.2, 0.25) is 0 Å². The molecule has 0 bridgehead atoms. The van der Waals surface area contributed by atoms with Gasteiger partial charge in [-0.25, -0.2) is 9.37 Å². The van der Waals surface area contributed by atoms with Gasteiger partial charge in [0.15, 0.2) is 0 Å². The molecule has 0 spiro atoms. The van der Waals surface area contributed by atoms with Crippen LogP contribution in [-0.4, -0.2) is 77.7 Å². The number of nitrogens with one attached hydrogen (secondary N) is 2. The van der Waals surface area contributed by atoms with E-state index in [-0.39, 0.29) is 55.6 Å². The Labute approximate surface area is 212 Å². The van der Waals surface area contributed by atoms with Gasteiger partial charge in [0.1, 0.15) is 23.1 Å². The molecule has 1 aromatic rings. The standard InChI is InChI=1S/C26H41FN4O5/c1-5-26(6-2,25(35)28-20(14-33)9-16(3)4)30-23(34)21-7-8-22(31-11-19(27)12-31)24(29-21)36-15-18-10-17(18)13-32/h7-8,16-20,32-33H,5-6,9-15H2,1-4H3,(H,28,35)(H,30,34)/t17-,18?,20+/m1/s1. The lowest BCUT2D eigenvalue weighted by molar-refractivity contribution is -0.128. The van der Waals surface area contributed by atoms with E-state index in [2.05, 4.69) is 15.6 Å². The fourth-order valence-corrected chi connectivity index (χ4v) is 4.61. The first-order valence-corrected chi connectivity index (χ1v) is 13.0. The van der Waals surface area contributed by atoms with E-state index in [0.717, 1.165) is 6.42 Å². The van der Waals surface area contributed by atoms with Gasteiger partial charge < -0.3 is 30.5 Å². The Morgan fingerprint density at radius 2 is 1.92 bits per heavy atom. The number of nitrogens with zero attached hydrogens (tertiary/aromatic N) is 2. The second kappa shape index (κ2) is 12.2. The quantitative estimate of drug-likeness (QED) is 0.303. The van der Waals surface area contributed by atoms with Gasteiger partial charge in [-0.1, -0.05) is 27.7 Å². The van der Waals surface area contributed by atoms with Crippen LogP contribution >= 0.6 is 0 Å². The highest BCUT2D eigenvalue weighted by Gasteiger charge is 2.39. The van der Waals surface area contributed by atoms with Gasteiger partial charge in [-0.3, -0.25) is 9.59 Å². The number of hydrogen-bond donors (Lipinski definition) is 4. The zero-order valence-corrected chi connectivity index (χ0v) is 21.8. The number of anilines is 1. The van der Waals surface area contributed by atoms with E-state index in [4.69, 9.17) is 4.74 Å².